The first-order valence-electron chi connectivity index (χ1n) is 3.93. The lowest BCUT2D eigenvalue weighted by Gasteiger charge is -2.06. The summed E-state index contributed by atoms with van der Waals surface area (Å²) in [6, 6.07) is 4.87. The quantitative estimate of drug-likeness (QED) is 0.599. The van der Waals surface area contributed by atoms with Gasteiger partial charge in [0.2, 0.25) is 0 Å². The normalized spacial score (nSPS) is 9.50. The third-order valence-corrected chi connectivity index (χ3v) is 2.15. The second-order valence-electron chi connectivity index (χ2n) is 2.82. The van der Waals surface area contributed by atoms with E-state index in [-0.39, 0.29) is 28.5 Å². The number of Topliss-reactive ketones (excluding diaryl/α,β-unsaturated/α-hetero) is 1. The molecule has 0 radical (unpaired) electrons. The van der Waals surface area contributed by atoms with Crippen LogP contribution in [0.3, 0.4) is 0 Å². The summed E-state index contributed by atoms with van der Waals surface area (Å²) in [7, 11) is 0. The largest absolute Gasteiger partial charge is 0.506 e. The van der Waals surface area contributed by atoms with Crippen LogP contribution in [0.2, 0.25) is 0 Å². The smallest absolute Gasteiger partial charge is 0.181 e. The van der Waals surface area contributed by atoms with Crippen LogP contribution in [0.5, 0.6) is 5.75 Å². The zero-order chi connectivity index (χ0) is 10.7. The van der Waals surface area contributed by atoms with Gasteiger partial charge in [0.05, 0.1) is 17.0 Å². The van der Waals surface area contributed by atoms with Gasteiger partial charge in [-0.2, -0.15) is 5.26 Å². The molecule has 0 spiro atoms. The minimum atomic E-state index is -0.376. The number of ketones is 1. The summed E-state index contributed by atoms with van der Waals surface area (Å²) in [5.41, 5.74) is 0.843. The van der Waals surface area contributed by atoms with E-state index in [9.17, 15) is 9.90 Å². The number of nitriles is 1. The number of rotatable bonds is 2. The van der Waals surface area contributed by atoms with Crippen molar-refractivity contribution < 1.29 is 9.90 Å². The Morgan fingerprint density at radius 3 is 2.79 bits per heavy atom. The zero-order valence-electron chi connectivity index (χ0n) is 7.54. The Morgan fingerprint density at radius 2 is 2.29 bits per heavy atom. The summed E-state index contributed by atoms with van der Waals surface area (Å²) < 4.78 is 0. The Hall–Kier alpha value is -1.53. The maximum atomic E-state index is 11.3. The summed E-state index contributed by atoms with van der Waals surface area (Å²) >= 11 is 5.38. The van der Waals surface area contributed by atoms with Crippen LogP contribution in [0.25, 0.3) is 0 Å². The molecule has 0 fully saturated rings. The van der Waals surface area contributed by atoms with Gasteiger partial charge in [-0.3, -0.25) is 4.79 Å². The third-order valence-electron chi connectivity index (χ3n) is 1.91. The first-order valence-corrected chi connectivity index (χ1v) is 4.47. The number of alkyl halides is 1. The van der Waals surface area contributed by atoms with Gasteiger partial charge in [0.15, 0.2) is 5.78 Å². The van der Waals surface area contributed by atoms with Crippen LogP contribution in [0.1, 0.15) is 21.5 Å². The summed E-state index contributed by atoms with van der Waals surface area (Å²) in [5.74, 6) is -0.861. The number of benzene rings is 1. The molecular formula is C10H8ClNO2. The first kappa shape index (κ1) is 10.6. The molecule has 1 aromatic rings. The van der Waals surface area contributed by atoms with Crippen LogP contribution in [0.15, 0.2) is 12.1 Å². The van der Waals surface area contributed by atoms with Crippen molar-refractivity contribution in [3.63, 3.8) is 0 Å². The van der Waals surface area contributed by atoms with Crippen LogP contribution >= 0.6 is 11.6 Å². The van der Waals surface area contributed by atoms with Gasteiger partial charge < -0.3 is 5.11 Å². The van der Waals surface area contributed by atoms with Gasteiger partial charge in [0.25, 0.3) is 0 Å². The molecular weight excluding hydrogens is 202 g/mol. The fourth-order valence-corrected chi connectivity index (χ4v) is 1.33. The third kappa shape index (κ3) is 1.70. The van der Waals surface area contributed by atoms with Gasteiger partial charge in [0.1, 0.15) is 11.8 Å². The molecule has 3 nitrogen and oxygen atoms in total. The Kier molecular flexibility index (Phi) is 3.10. The van der Waals surface area contributed by atoms with E-state index in [1.807, 2.05) is 0 Å². The highest BCUT2D eigenvalue weighted by atomic mass is 35.5. The van der Waals surface area contributed by atoms with E-state index in [1.54, 1.807) is 19.1 Å². The van der Waals surface area contributed by atoms with Crippen molar-refractivity contribution in [1.29, 1.82) is 5.26 Å². The maximum Gasteiger partial charge on any atom is 0.181 e. The highest BCUT2D eigenvalue weighted by Crippen LogP contribution is 2.25. The Labute approximate surface area is 86.5 Å². The van der Waals surface area contributed by atoms with E-state index < -0.39 is 0 Å². The highest BCUT2D eigenvalue weighted by Gasteiger charge is 2.16. The van der Waals surface area contributed by atoms with Crippen molar-refractivity contribution >= 4 is 17.4 Å². The number of hydrogen-bond donors (Lipinski definition) is 1. The number of hydrogen-bond acceptors (Lipinski definition) is 3. The number of phenols is 1. The fraction of sp³-hybridized carbons (Fsp3) is 0.200. The van der Waals surface area contributed by atoms with Crippen molar-refractivity contribution in [2.24, 2.45) is 0 Å². The molecule has 0 bridgehead atoms. The van der Waals surface area contributed by atoms with Gasteiger partial charge >= 0.3 is 0 Å². The van der Waals surface area contributed by atoms with Crippen LogP contribution < -0.4 is 0 Å². The molecule has 0 amide bonds. The second kappa shape index (κ2) is 4.12. The van der Waals surface area contributed by atoms with Crippen molar-refractivity contribution in [2.75, 3.05) is 5.88 Å². The highest BCUT2D eigenvalue weighted by molar-refractivity contribution is 6.31. The predicted octanol–water partition coefficient (Wildman–Crippen LogP) is 1.99. The Bertz CT molecular complexity index is 421. The molecule has 0 saturated heterocycles. The predicted molar refractivity (Wildman–Crippen MR) is 52.6 cm³/mol. The van der Waals surface area contributed by atoms with Crippen LogP contribution in [0, 0.1) is 18.3 Å². The SMILES string of the molecule is Cc1ccc(C#N)c(O)c1C(=O)CCl. The number of aromatic hydroxyl groups is 1. The molecule has 1 rings (SSSR count). The molecule has 0 aliphatic heterocycles. The minimum absolute atomic E-state index is 0.0871. The second-order valence-corrected chi connectivity index (χ2v) is 3.09. The molecule has 0 atom stereocenters. The number of phenolic OH excluding ortho intramolecular Hbond substituents is 1. The summed E-state index contributed by atoms with van der Waals surface area (Å²) in [4.78, 5) is 11.3. The molecule has 1 aromatic carbocycles. The summed E-state index contributed by atoms with van der Waals surface area (Å²) in [6.07, 6.45) is 0. The standard InChI is InChI=1S/C10H8ClNO2/c1-6-2-3-7(5-12)10(14)9(6)8(13)4-11/h2-3,14H,4H2,1H3. The number of nitrogens with zero attached hydrogens (tertiary/aromatic N) is 1. The lowest BCUT2D eigenvalue weighted by molar-refractivity contribution is 0.101. The van der Waals surface area contributed by atoms with Gasteiger partial charge in [0, 0.05) is 0 Å². The van der Waals surface area contributed by atoms with Gasteiger partial charge in [-0.1, -0.05) is 6.07 Å². The molecule has 0 saturated carbocycles. The zero-order valence-corrected chi connectivity index (χ0v) is 8.30. The Morgan fingerprint density at radius 1 is 1.64 bits per heavy atom. The van der Waals surface area contributed by atoms with Crippen molar-refractivity contribution in [3.8, 4) is 11.8 Å². The van der Waals surface area contributed by atoms with E-state index in [0.717, 1.165) is 0 Å². The van der Waals surface area contributed by atoms with Crippen molar-refractivity contribution in [3.05, 3.63) is 28.8 Å². The average molecular weight is 210 g/mol. The lowest BCUT2D eigenvalue weighted by Crippen LogP contribution is -2.04. The number of carbonyl (C=O) groups is 1. The molecule has 14 heavy (non-hydrogen) atoms. The topological polar surface area (TPSA) is 61.1 Å². The van der Waals surface area contributed by atoms with Crippen LogP contribution in [-0.2, 0) is 0 Å². The van der Waals surface area contributed by atoms with Crippen molar-refractivity contribution in [2.45, 2.75) is 6.92 Å². The molecule has 1 N–H and O–H groups in total. The molecule has 0 unspecified atom stereocenters. The Balaban J connectivity index is 3.42. The average Bonchev–Trinajstić information content (AvgIpc) is 2.18. The molecule has 72 valence electrons. The molecule has 0 aliphatic carbocycles. The summed E-state index contributed by atoms with van der Waals surface area (Å²) in [5, 5.41) is 18.2. The molecule has 0 heterocycles. The maximum absolute atomic E-state index is 11.3. The van der Waals surface area contributed by atoms with E-state index in [4.69, 9.17) is 16.9 Å². The van der Waals surface area contributed by atoms with E-state index in [0.29, 0.717) is 5.56 Å². The lowest BCUT2D eigenvalue weighted by atomic mass is 10.0. The fourth-order valence-electron chi connectivity index (χ4n) is 1.20. The van der Waals surface area contributed by atoms with Gasteiger partial charge in [-0.05, 0) is 18.6 Å². The molecule has 4 heteroatoms. The van der Waals surface area contributed by atoms with Gasteiger partial charge in [-0.25, -0.2) is 0 Å². The first-order chi connectivity index (χ1) is 6.61. The number of aryl methyl sites for hydroxylation is 1. The molecule has 0 aliphatic rings. The van der Waals surface area contributed by atoms with Crippen LogP contribution in [-0.4, -0.2) is 16.8 Å². The number of carbonyl (C=O) groups excluding carboxylic acids is 1. The monoisotopic (exact) mass is 209 g/mol. The molecule has 0 aromatic heterocycles. The van der Waals surface area contributed by atoms with Gasteiger partial charge in [-0.15, -0.1) is 11.6 Å². The van der Waals surface area contributed by atoms with E-state index in [1.165, 1.54) is 6.07 Å². The van der Waals surface area contributed by atoms with Crippen LogP contribution in [0.4, 0.5) is 0 Å². The number of halogens is 1. The van der Waals surface area contributed by atoms with E-state index >= 15 is 0 Å². The van der Waals surface area contributed by atoms with Crippen molar-refractivity contribution in [1.82, 2.24) is 0 Å². The minimum Gasteiger partial charge on any atom is -0.506 e. The summed E-state index contributed by atoms with van der Waals surface area (Å²) in [6.45, 7) is 1.68. The van der Waals surface area contributed by atoms with E-state index in [2.05, 4.69) is 0 Å².